The molecule has 0 aromatic rings. The quantitative estimate of drug-likeness (QED) is 0.455. The molecule has 0 bridgehead atoms. The van der Waals surface area contributed by atoms with Crippen LogP contribution in [0, 0.1) is 6.66 Å². The van der Waals surface area contributed by atoms with Crippen molar-refractivity contribution in [2.75, 3.05) is 13.2 Å². The van der Waals surface area contributed by atoms with E-state index in [0.717, 1.165) is 0 Å². The lowest BCUT2D eigenvalue weighted by Gasteiger charge is -2.17. The second-order valence-electron chi connectivity index (χ2n) is 1.45. The summed E-state index contributed by atoms with van der Waals surface area (Å²) in [5.41, 5.74) is 0. The Bertz CT molecular complexity index is 103. The van der Waals surface area contributed by atoms with Gasteiger partial charge in [0.05, 0.1) is 13.2 Å². The maximum Gasteiger partial charge on any atom is 0.184 e. The molecule has 0 N–H and O–H groups in total. The van der Waals surface area contributed by atoms with Gasteiger partial charge in [-0.2, -0.15) is 0 Å². The molecule has 0 rings (SSSR count). The highest BCUT2D eigenvalue weighted by Crippen LogP contribution is 2.45. The van der Waals surface area contributed by atoms with Crippen molar-refractivity contribution in [3.8, 4) is 0 Å². The van der Waals surface area contributed by atoms with Crippen molar-refractivity contribution in [2.24, 2.45) is 0 Å². The Hall–Kier alpha value is 0.150. The van der Waals surface area contributed by atoms with Crippen molar-refractivity contribution in [1.29, 1.82) is 0 Å². The van der Waals surface area contributed by atoms with Gasteiger partial charge >= 0.3 is 0 Å². The zero-order valence-electron chi connectivity index (χ0n) is 5.79. The predicted molar refractivity (Wildman–Crippen MR) is 36.2 cm³/mol. The molecule has 0 amide bonds. The van der Waals surface area contributed by atoms with E-state index in [1.54, 1.807) is 13.8 Å². The summed E-state index contributed by atoms with van der Waals surface area (Å²) in [5.74, 6) is 0. The van der Waals surface area contributed by atoms with Gasteiger partial charge in [-0.05, 0) is 13.8 Å². The molecule has 56 valence electrons. The summed E-state index contributed by atoms with van der Waals surface area (Å²) in [7, 11) is -2.94. The largest absolute Gasteiger partial charge is 0.331 e. The molecule has 0 aromatic heterocycles. The van der Waals surface area contributed by atoms with Gasteiger partial charge in [-0.3, -0.25) is 4.57 Å². The fraction of sp³-hybridized carbons (Fsp3) is 0.800. The third kappa shape index (κ3) is 4.64. The van der Waals surface area contributed by atoms with Crippen LogP contribution in [0.15, 0.2) is 0 Å². The van der Waals surface area contributed by atoms with Gasteiger partial charge in [0.15, 0.2) is 7.60 Å². The van der Waals surface area contributed by atoms with E-state index in [-0.39, 0.29) is 0 Å². The lowest BCUT2D eigenvalue weighted by molar-refractivity contribution is 0.228. The fourth-order valence-corrected chi connectivity index (χ4v) is 1.29. The summed E-state index contributed by atoms with van der Waals surface area (Å²) < 4.78 is 20.2. The molecule has 0 atom stereocenters. The molecule has 0 spiro atoms. The fourth-order valence-electron chi connectivity index (χ4n) is 0.431. The molecule has 0 radical (unpaired) electrons. The highest BCUT2D eigenvalue weighted by Gasteiger charge is 2.03. The van der Waals surface area contributed by atoms with Crippen LogP contribution in [0.1, 0.15) is 13.8 Å². The topological polar surface area (TPSA) is 35.5 Å². The van der Waals surface area contributed by atoms with Crippen LogP contribution in [0.25, 0.3) is 0 Å². The van der Waals surface area contributed by atoms with Gasteiger partial charge in [-0.15, -0.1) is 0 Å². The molecule has 0 aliphatic carbocycles. The SMILES string of the molecule is [CH2-]P(=O)(OCC)OCC. The average molecular weight is 151 g/mol. The van der Waals surface area contributed by atoms with Gasteiger partial charge in [0, 0.05) is 0 Å². The minimum Gasteiger partial charge on any atom is -0.331 e. The maximum absolute atomic E-state index is 10.9. The highest BCUT2D eigenvalue weighted by atomic mass is 31.2. The van der Waals surface area contributed by atoms with Crippen molar-refractivity contribution in [2.45, 2.75) is 13.8 Å². The third-order valence-corrected chi connectivity index (χ3v) is 1.95. The smallest absolute Gasteiger partial charge is 0.184 e. The summed E-state index contributed by atoms with van der Waals surface area (Å²) in [6, 6.07) is 0. The first-order valence-corrected chi connectivity index (χ1v) is 4.58. The van der Waals surface area contributed by atoms with Gasteiger partial charge in [0.25, 0.3) is 0 Å². The van der Waals surface area contributed by atoms with Gasteiger partial charge in [-0.1, -0.05) is 0 Å². The molecule has 3 nitrogen and oxygen atoms in total. The number of rotatable bonds is 4. The molecule has 0 aliphatic heterocycles. The van der Waals surface area contributed by atoms with Crippen molar-refractivity contribution in [1.82, 2.24) is 0 Å². The van der Waals surface area contributed by atoms with E-state index in [0.29, 0.717) is 13.2 Å². The van der Waals surface area contributed by atoms with Crippen molar-refractivity contribution < 1.29 is 13.6 Å². The summed E-state index contributed by atoms with van der Waals surface area (Å²) in [5, 5.41) is 0. The van der Waals surface area contributed by atoms with Gasteiger partial charge in [-0.25, -0.2) is 6.66 Å². The lowest BCUT2D eigenvalue weighted by atomic mass is 10.9. The van der Waals surface area contributed by atoms with E-state index >= 15 is 0 Å². The minimum atomic E-state index is -2.94. The second kappa shape index (κ2) is 4.04. The molecule has 0 fully saturated rings. The number of hydrogen-bond donors (Lipinski definition) is 0. The van der Waals surface area contributed by atoms with Crippen LogP contribution in [0.5, 0.6) is 0 Å². The predicted octanol–water partition coefficient (Wildman–Crippen LogP) is 2.04. The molecular weight excluding hydrogens is 139 g/mol. The first-order chi connectivity index (χ1) is 4.12. The molecule has 0 unspecified atom stereocenters. The zero-order chi connectivity index (χ0) is 7.33. The van der Waals surface area contributed by atoms with Crippen LogP contribution in [0.4, 0.5) is 0 Å². The van der Waals surface area contributed by atoms with Gasteiger partial charge < -0.3 is 9.05 Å². The first-order valence-electron chi connectivity index (χ1n) is 2.86. The molecule has 0 aromatic carbocycles. The van der Waals surface area contributed by atoms with Crippen LogP contribution in [-0.4, -0.2) is 13.2 Å². The molecular formula is C5H12O3P-. The van der Waals surface area contributed by atoms with E-state index in [4.69, 9.17) is 9.05 Å². The molecule has 4 heteroatoms. The van der Waals surface area contributed by atoms with Crippen molar-refractivity contribution in [3.63, 3.8) is 0 Å². The van der Waals surface area contributed by atoms with Crippen molar-refractivity contribution in [3.05, 3.63) is 6.66 Å². The van der Waals surface area contributed by atoms with Crippen molar-refractivity contribution >= 4 is 7.60 Å². The van der Waals surface area contributed by atoms with E-state index in [1.807, 2.05) is 0 Å². The van der Waals surface area contributed by atoms with E-state index < -0.39 is 7.60 Å². The Kier molecular flexibility index (Phi) is 4.11. The third-order valence-electron chi connectivity index (χ3n) is 0.652. The number of hydrogen-bond acceptors (Lipinski definition) is 3. The Morgan fingerprint density at radius 1 is 1.33 bits per heavy atom. The van der Waals surface area contributed by atoms with Gasteiger partial charge in [0.1, 0.15) is 0 Å². The Morgan fingerprint density at radius 3 is 1.89 bits per heavy atom. The summed E-state index contributed by atoms with van der Waals surface area (Å²) in [6.45, 7) is 7.51. The summed E-state index contributed by atoms with van der Waals surface area (Å²) in [4.78, 5) is 0. The van der Waals surface area contributed by atoms with Crippen LogP contribution in [0.2, 0.25) is 0 Å². The zero-order valence-corrected chi connectivity index (χ0v) is 6.69. The standard InChI is InChI=1S/C5H12O3P/c1-4-7-9(3,6)8-5-2/h3-5H2,1-2H3/q-1. The molecule has 0 saturated heterocycles. The van der Waals surface area contributed by atoms with Crippen LogP contribution in [0.3, 0.4) is 0 Å². The monoisotopic (exact) mass is 151 g/mol. The lowest BCUT2D eigenvalue weighted by Crippen LogP contribution is -1.90. The first kappa shape index (κ1) is 9.15. The normalized spacial score (nSPS) is 11.9. The van der Waals surface area contributed by atoms with Gasteiger partial charge in [0.2, 0.25) is 0 Å². The molecule has 9 heavy (non-hydrogen) atoms. The highest BCUT2D eigenvalue weighted by molar-refractivity contribution is 7.55. The Morgan fingerprint density at radius 2 is 1.67 bits per heavy atom. The van der Waals surface area contributed by atoms with Crippen LogP contribution >= 0.6 is 7.60 Å². The van der Waals surface area contributed by atoms with E-state index in [1.165, 1.54) is 0 Å². The maximum atomic E-state index is 10.9. The molecule has 0 heterocycles. The average Bonchev–Trinajstić information content (AvgIpc) is 1.64. The second-order valence-corrected chi connectivity index (χ2v) is 3.18. The Labute approximate surface area is 55.9 Å². The molecule has 0 aliphatic rings. The van der Waals surface area contributed by atoms with E-state index in [9.17, 15) is 4.57 Å². The van der Waals surface area contributed by atoms with E-state index in [2.05, 4.69) is 6.66 Å². The Balaban J connectivity index is 3.58. The van der Waals surface area contributed by atoms with Crippen LogP contribution < -0.4 is 0 Å². The van der Waals surface area contributed by atoms with Crippen LogP contribution in [-0.2, 0) is 13.6 Å². The minimum absolute atomic E-state index is 0.376. The summed E-state index contributed by atoms with van der Waals surface area (Å²) in [6.07, 6.45) is 0. The summed E-state index contributed by atoms with van der Waals surface area (Å²) >= 11 is 0. The molecule has 0 saturated carbocycles.